The molecule has 15 heavy (non-hydrogen) atoms. The fourth-order valence-corrected chi connectivity index (χ4v) is 1.85. The Morgan fingerprint density at radius 1 is 1.00 bits per heavy atom. The second-order valence-corrected chi connectivity index (χ2v) is 7.23. The van der Waals surface area contributed by atoms with Crippen LogP contribution in [0.4, 0.5) is 0 Å². The number of carbonyl (C=O) groups is 1. The molecular formula is C14H28O. The molecule has 0 saturated heterocycles. The van der Waals surface area contributed by atoms with E-state index >= 15 is 0 Å². The van der Waals surface area contributed by atoms with E-state index in [1.54, 1.807) is 0 Å². The number of Topliss-reactive ketones (excluding diaryl/α,β-unsaturated/α-hetero) is 1. The number of hydrogen-bond donors (Lipinski definition) is 0. The zero-order valence-electron chi connectivity index (χ0n) is 11.8. The van der Waals surface area contributed by atoms with Crippen LogP contribution in [0, 0.1) is 22.7 Å². The normalized spacial score (nSPS) is 15.5. The van der Waals surface area contributed by atoms with Crippen molar-refractivity contribution in [1.29, 1.82) is 0 Å². The van der Waals surface area contributed by atoms with Crippen LogP contribution >= 0.6 is 0 Å². The Bertz CT molecular complexity index is 212. The van der Waals surface area contributed by atoms with Crippen molar-refractivity contribution in [3.05, 3.63) is 0 Å². The summed E-state index contributed by atoms with van der Waals surface area (Å²) in [5, 5.41) is 0. The summed E-state index contributed by atoms with van der Waals surface area (Å²) in [6.07, 6.45) is 0.987. The van der Waals surface area contributed by atoms with Gasteiger partial charge >= 0.3 is 0 Å². The average Bonchev–Trinajstić information content (AvgIpc) is 1.94. The standard InChI is InChI=1S/C14H28O/c1-10(2)11(9-13(3,4)5)12(15)14(6,7)8/h10-11H,9H2,1-8H3/t11-/m0/s1. The minimum Gasteiger partial charge on any atom is -0.299 e. The maximum absolute atomic E-state index is 12.3. The van der Waals surface area contributed by atoms with Gasteiger partial charge in [-0.15, -0.1) is 0 Å². The summed E-state index contributed by atoms with van der Waals surface area (Å²) in [7, 11) is 0. The third-order valence-electron chi connectivity index (χ3n) is 2.71. The van der Waals surface area contributed by atoms with Crippen molar-refractivity contribution in [2.24, 2.45) is 22.7 Å². The molecular weight excluding hydrogens is 184 g/mol. The fourth-order valence-electron chi connectivity index (χ4n) is 1.85. The van der Waals surface area contributed by atoms with Crippen molar-refractivity contribution in [1.82, 2.24) is 0 Å². The van der Waals surface area contributed by atoms with E-state index in [0.717, 1.165) is 6.42 Å². The van der Waals surface area contributed by atoms with Crippen LogP contribution in [0.3, 0.4) is 0 Å². The molecule has 0 N–H and O–H groups in total. The predicted octanol–water partition coefficient (Wildman–Crippen LogP) is 4.31. The molecule has 0 saturated carbocycles. The first kappa shape index (κ1) is 14.7. The quantitative estimate of drug-likeness (QED) is 0.681. The van der Waals surface area contributed by atoms with Crippen molar-refractivity contribution in [3.8, 4) is 0 Å². The van der Waals surface area contributed by atoms with Crippen LogP contribution in [-0.2, 0) is 4.79 Å². The van der Waals surface area contributed by atoms with E-state index in [0.29, 0.717) is 11.7 Å². The molecule has 0 spiro atoms. The van der Waals surface area contributed by atoms with E-state index in [1.165, 1.54) is 0 Å². The minimum atomic E-state index is -0.208. The van der Waals surface area contributed by atoms with E-state index in [-0.39, 0.29) is 16.7 Å². The maximum Gasteiger partial charge on any atom is 0.141 e. The molecule has 0 radical (unpaired) electrons. The van der Waals surface area contributed by atoms with Crippen LogP contribution in [0.1, 0.15) is 61.8 Å². The summed E-state index contributed by atoms with van der Waals surface area (Å²) in [4.78, 5) is 12.3. The van der Waals surface area contributed by atoms with Crippen molar-refractivity contribution in [2.45, 2.75) is 61.8 Å². The summed E-state index contributed by atoms with van der Waals surface area (Å²) < 4.78 is 0. The van der Waals surface area contributed by atoms with Gasteiger partial charge in [-0.1, -0.05) is 55.4 Å². The molecule has 0 aliphatic carbocycles. The second kappa shape index (κ2) is 4.67. The van der Waals surface area contributed by atoms with E-state index in [9.17, 15) is 4.79 Å². The second-order valence-electron chi connectivity index (χ2n) is 7.23. The highest BCUT2D eigenvalue weighted by molar-refractivity contribution is 5.86. The summed E-state index contributed by atoms with van der Waals surface area (Å²) >= 11 is 0. The van der Waals surface area contributed by atoms with Crippen molar-refractivity contribution < 1.29 is 4.79 Å². The number of ketones is 1. The Balaban J connectivity index is 4.77. The van der Waals surface area contributed by atoms with Gasteiger partial charge in [-0.3, -0.25) is 4.79 Å². The van der Waals surface area contributed by atoms with Gasteiger partial charge in [-0.2, -0.15) is 0 Å². The molecule has 1 atom stereocenters. The monoisotopic (exact) mass is 212 g/mol. The lowest BCUT2D eigenvalue weighted by molar-refractivity contribution is -0.132. The van der Waals surface area contributed by atoms with E-state index in [1.807, 2.05) is 20.8 Å². The van der Waals surface area contributed by atoms with Crippen LogP contribution in [0.5, 0.6) is 0 Å². The predicted molar refractivity (Wildman–Crippen MR) is 66.9 cm³/mol. The maximum atomic E-state index is 12.3. The Morgan fingerprint density at radius 2 is 1.40 bits per heavy atom. The lowest BCUT2D eigenvalue weighted by atomic mass is 9.71. The Hall–Kier alpha value is -0.330. The third-order valence-corrected chi connectivity index (χ3v) is 2.71. The number of hydrogen-bond acceptors (Lipinski definition) is 1. The summed E-state index contributed by atoms with van der Waals surface area (Å²) in [5.41, 5.74) is 0.0238. The summed E-state index contributed by atoms with van der Waals surface area (Å²) in [5.74, 6) is 1.05. The smallest absolute Gasteiger partial charge is 0.141 e. The summed E-state index contributed by atoms with van der Waals surface area (Å²) in [6.45, 7) is 17.0. The number of carbonyl (C=O) groups excluding carboxylic acids is 1. The SMILES string of the molecule is CC(C)[C@H](CC(C)(C)C)C(=O)C(C)(C)C. The van der Waals surface area contributed by atoms with Crippen LogP contribution in [0.25, 0.3) is 0 Å². The van der Waals surface area contributed by atoms with Gasteiger partial charge in [0.05, 0.1) is 0 Å². The minimum absolute atomic E-state index is 0.199. The average molecular weight is 212 g/mol. The lowest BCUT2D eigenvalue weighted by Gasteiger charge is -2.32. The molecule has 0 aromatic carbocycles. The van der Waals surface area contributed by atoms with Gasteiger partial charge in [-0.25, -0.2) is 0 Å². The van der Waals surface area contributed by atoms with E-state index in [2.05, 4.69) is 34.6 Å². The van der Waals surface area contributed by atoms with Crippen molar-refractivity contribution >= 4 is 5.78 Å². The Morgan fingerprint density at radius 3 is 1.60 bits per heavy atom. The largest absolute Gasteiger partial charge is 0.299 e. The molecule has 0 bridgehead atoms. The molecule has 90 valence electrons. The topological polar surface area (TPSA) is 17.1 Å². The zero-order valence-corrected chi connectivity index (χ0v) is 11.8. The Labute approximate surface area is 95.6 Å². The first-order chi connectivity index (χ1) is 6.45. The first-order valence-electron chi connectivity index (χ1n) is 5.99. The molecule has 0 aliphatic heterocycles. The van der Waals surface area contributed by atoms with Gasteiger partial charge in [0.25, 0.3) is 0 Å². The van der Waals surface area contributed by atoms with Crippen LogP contribution in [-0.4, -0.2) is 5.78 Å². The van der Waals surface area contributed by atoms with Crippen molar-refractivity contribution in [2.75, 3.05) is 0 Å². The molecule has 0 amide bonds. The van der Waals surface area contributed by atoms with Crippen LogP contribution < -0.4 is 0 Å². The van der Waals surface area contributed by atoms with Crippen LogP contribution in [0.15, 0.2) is 0 Å². The number of rotatable bonds is 3. The van der Waals surface area contributed by atoms with Gasteiger partial charge in [0, 0.05) is 11.3 Å². The van der Waals surface area contributed by atoms with E-state index < -0.39 is 0 Å². The molecule has 0 fully saturated rings. The highest BCUT2D eigenvalue weighted by atomic mass is 16.1. The fraction of sp³-hybridized carbons (Fsp3) is 0.929. The molecule has 0 aromatic rings. The van der Waals surface area contributed by atoms with Gasteiger partial charge in [-0.05, 0) is 17.8 Å². The molecule has 0 aliphatic rings. The van der Waals surface area contributed by atoms with Gasteiger partial charge < -0.3 is 0 Å². The van der Waals surface area contributed by atoms with Gasteiger partial charge in [0.2, 0.25) is 0 Å². The highest BCUT2D eigenvalue weighted by Crippen LogP contribution is 2.34. The summed E-state index contributed by atoms with van der Waals surface area (Å²) in [6, 6.07) is 0. The molecule has 1 heteroatoms. The zero-order chi connectivity index (χ0) is 12.4. The van der Waals surface area contributed by atoms with Gasteiger partial charge in [0.15, 0.2) is 0 Å². The van der Waals surface area contributed by atoms with Gasteiger partial charge in [0.1, 0.15) is 5.78 Å². The van der Waals surface area contributed by atoms with Crippen molar-refractivity contribution in [3.63, 3.8) is 0 Å². The third kappa shape index (κ3) is 5.34. The molecule has 0 rings (SSSR count). The van der Waals surface area contributed by atoms with Crippen LogP contribution in [0.2, 0.25) is 0 Å². The molecule has 0 unspecified atom stereocenters. The van der Waals surface area contributed by atoms with E-state index in [4.69, 9.17) is 0 Å². The molecule has 0 heterocycles. The molecule has 0 aromatic heterocycles. The first-order valence-corrected chi connectivity index (χ1v) is 5.99. The Kier molecular flexibility index (Phi) is 4.57. The molecule has 1 nitrogen and oxygen atoms in total. The highest BCUT2D eigenvalue weighted by Gasteiger charge is 2.33. The lowest BCUT2D eigenvalue weighted by Crippen LogP contribution is -2.34.